The van der Waals surface area contributed by atoms with Crippen molar-refractivity contribution in [3.8, 4) is 0 Å². The zero-order valence-corrected chi connectivity index (χ0v) is 10.0. The molecule has 0 saturated heterocycles. The molecule has 0 aromatic rings. The summed E-state index contributed by atoms with van der Waals surface area (Å²) in [5, 5.41) is 0.303. The Balaban J connectivity index is 2.08. The highest BCUT2D eigenvalue weighted by Gasteiger charge is 2.12. The molecule has 0 bridgehead atoms. The molecule has 3 heteroatoms. The lowest BCUT2D eigenvalue weighted by Crippen LogP contribution is -2.28. The van der Waals surface area contributed by atoms with Gasteiger partial charge in [-0.25, -0.2) is 0 Å². The normalized spacial score (nSPS) is 17.9. The number of alkyl halides is 1. The van der Waals surface area contributed by atoms with Gasteiger partial charge in [-0.15, -0.1) is 11.6 Å². The minimum atomic E-state index is 0.303. The molecule has 0 aromatic heterocycles. The third-order valence-corrected chi connectivity index (χ3v) is 2.85. The second kappa shape index (κ2) is 6.18. The minimum Gasteiger partial charge on any atom is -0.362 e. The zero-order valence-electron chi connectivity index (χ0n) is 9.25. The van der Waals surface area contributed by atoms with Gasteiger partial charge in [-0.05, 0) is 6.42 Å². The number of nitrogens with zero attached hydrogens (tertiary/aromatic N) is 2. The standard InChI is InChI=1S/C11H21ClN2/c1-3-4-5-6-11(12)9-14-8-7-13(2)10-14/h7-8,11H,3-6,9-10H2,1-2H3. The average Bonchev–Trinajstić information content (AvgIpc) is 2.52. The number of halogens is 1. The third-order valence-electron chi connectivity index (χ3n) is 2.49. The van der Waals surface area contributed by atoms with Crippen LogP contribution in [-0.2, 0) is 0 Å². The Bertz CT molecular complexity index is 182. The summed E-state index contributed by atoms with van der Waals surface area (Å²) in [6, 6.07) is 0. The SMILES string of the molecule is CCCCCC(Cl)CN1C=CN(C)C1. The van der Waals surface area contributed by atoms with Crippen LogP contribution in [0.2, 0.25) is 0 Å². The van der Waals surface area contributed by atoms with E-state index >= 15 is 0 Å². The van der Waals surface area contributed by atoms with Crippen LogP contribution in [-0.4, -0.2) is 35.4 Å². The van der Waals surface area contributed by atoms with Gasteiger partial charge in [0.15, 0.2) is 0 Å². The molecule has 14 heavy (non-hydrogen) atoms. The van der Waals surface area contributed by atoms with E-state index in [9.17, 15) is 0 Å². The lowest BCUT2D eigenvalue weighted by atomic mass is 10.1. The lowest BCUT2D eigenvalue weighted by Gasteiger charge is -2.20. The molecular weight excluding hydrogens is 196 g/mol. The number of hydrogen-bond acceptors (Lipinski definition) is 2. The van der Waals surface area contributed by atoms with E-state index in [1.54, 1.807) is 0 Å². The quantitative estimate of drug-likeness (QED) is 0.498. The highest BCUT2D eigenvalue weighted by molar-refractivity contribution is 6.20. The number of hydrogen-bond donors (Lipinski definition) is 0. The summed E-state index contributed by atoms with van der Waals surface area (Å²) >= 11 is 6.25. The molecule has 0 saturated carbocycles. The van der Waals surface area contributed by atoms with Crippen LogP contribution in [0, 0.1) is 0 Å². The van der Waals surface area contributed by atoms with Gasteiger partial charge < -0.3 is 9.80 Å². The molecule has 0 amide bonds. The molecule has 1 atom stereocenters. The van der Waals surface area contributed by atoms with Gasteiger partial charge in [-0.3, -0.25) is 0 Å². The first-order valence-corrected chi connectivity index (χ1v) is 5.92. The highest BCUT2D eigenvalue weighted by Crippen LogP contribution is 2.13. The van der Waals surface area contributed by atoms with E-state index in [2.05, 4.69) is 36.2 Å². The van der Waals surface area contributed by atoms with Crippen LogP contribution in [0.4, 0.5) is 0 Å². The van der Waals surface area contributed by atoms with E-state index in [-0.39, 0.29) is 0 Å². The summed E-state index contributed by atoms with van der Waals surface area (Å²) < 4.78 is 0. The first kappa shape index (κ1) is 11.7. The maximum atomic E-state index is 6.25. The van der Waals surface area contributed by atoms with Gasteiger partial charge in [-0.1, -0.05) is 26.2 Å². The Morgan fingerprint density at radius 1 is 1.36 bits per heavy atom. The molecule has 0 spiro atoms. The van der Waals surface area contributed by atoms with E-state index in [0.717, 1.165) is 19.6 Å². The Hall–Kier alpha value is -0.370. The summed E-state index contributed by atoms with van der Waals surface area (Å²) in [5.74, 6) is 0. The first-order chi connectivity index (χ1) is 6.72. The van der Waals surface area contributed by atoms with Crippen LogP contribution in [0.25, 0.3) is 0 Å². The van der Waals surface area contributed by atoms with Crippen molar-refractivity contribution in [1.82, 2.24) is 9.80 Å². The van der Waals surface area contributed by atoms with Crippen LogP contribution in [0.3, 0.4) is 0 Å². The smallest absolute Gasteiger partial charge is 0.0891 e. The largest absolute Gasteiger partial charge is 0.362 e. The highest BCUT2D eigenvalue weighted by atomic mass is 35.5. The van der Waals surface area contributed by atoms with E-state index in [4.69, 9.17) is 11.6 Å². The Morgan fingerprint density at radius 3 is 2.71 bits per heavy atom. The predicted octanol–water partition coefficient (Wildman–Crippen LogP) is 2.85. The van der Waals surface area contributed by atoms with E-state index in [1.165, 1.54) is 19.3 Å². The molecule has 1 aliphatic rings. The third kappa shape index (κ3) is 4.23. The van der Waals surface area contributed by atoms with E-state index in [1.807, 2.05) is 0 Å². The summed E-state index contributed by atoms with van der Waals surface area (Å²) in [7, 11) is 2.08. The fourth-order valence-electron chi connectivity index (χ4n) is 1.67. The Labute approximate surface area is 92.5 Å². The fraction of sp³-hybridized carbons (Fsp3) is 0.818. The van der Waals surface area contributed by atoms with Gasteiger partial charge in [0.2, 0.25) is 0 Å². The molecule has 0 N–H and O–H groups in total. The van der Waals surface area contributed by atoms with Crippen molar-refractivity contribution in [2.75, 3.05) is 20.3 Å². The van der Waals surface area contributed by atoms with Crippen molar-refractivity contribution in [3.05, 3.63) is 12.4 Å². The zero-order chi connectivity index (χ0) is 10.4. The van der Waals surface area contributed by atoms with Crippen molar-refractivity contribution in [1.29, 1.82) is 0 Å². The van der Waals surface area contributed by atoms with Crippen LogP contribution in [0.1, 0.15) is 32.6 Å². The number of rotatable bonds is 6. The van der Waals surface area contributed by atoms with Gasteiger partial charge >= 0.3 is 0 Å². The van der Waals surface area contributed by atoms with Crippen molar-refractivity contribution in [2.45, 2.75) is 38.0 Å². The van der Waals surface area contributed by atoms with Gasteiger partial charge in [0, 0.05) is 26.0 Å². The van der Waals surface area contributed by atoms with E-state index < -0.39 is 0 Å². The van der Waals surface area contributed by atoms with Crippen molar-refractivity contribution >= 4 is 11.6 Å². The van der Waals surface area contributed by atoms with Gasteiger partial charge in [0.25, 0.3) is 0 Å². The molecule has 82 valence electrons. The van der Waals surface area contributed by atoms with Crippen LogP contribution >= 0.6 is 11.6 Å². The van der Waals surface area contributed by atoms with Crippen LogP contribution in [0.5, 0.6) is 0 Å². The molecule has 1 heterocycles. The molecule has 1 aliphatic heterocycles. The molecule has 2 nitrogen and oxygen atoms in total. The molecule has 1 unspecified atom stereocenters. The van der Waals surface area contributed by atoms with Crippen molar-refractivity contribution < 1.29 is 0 Å². The summed E-state index contributed by atoms with van der Waals surface area (Å²) in [4.78, 5) is 4.43. The van der Waals surface area contributed by atoms with Crippen molar-refractivity contribution in [3.63, 3.8) is 0 Å². The van der Waals surface area contributed by atoms with Crippen molar-refractivity contribution in [2.24, 2.45) is 0 Å². The van der Waals surface area contributed by atoms with Gasteiger partial charge in [0.1, 0.15) is 0 Å². The van der Waals surface area contributed by atoms with Gasteiger partial charge in [0.05, 0.1) is 12.0 Å². The molecular formula is C11H21ClN2. The average molecular weight is 217 g/mol. The molecule has 0 radical (unpaired) electrons. The first-order valence-electron chi connectivity index (χ1n) is 5.49. The maximum absolute atomic E-state index is 6.25. The summed E-state index contributed by atoms with van der Waals surface area (Å²) in [6.45, 7) is 4.19. The molecule has 1 rings (SSSR count). The number of unbranched alkanes of at least 4 members (excludes halogenated alkanes) is 2. The second-order valence-electron chi connectivity index (χ2n) is 4.06. The Morgan fingerprint density at radius 2 is 2.14 bits per heavy atom. The monoisotopic (exact) mass is 216 g/mol. The fourth-order valence-corrected chi connectivity index (χ4v) is 2.00. The lowest BCUT2D eigenvalue weighted by molar-refractivity contribution is 0.292. The summed E-state index contributed by atoms with van der Waals surface area (Å²) in [5.41, 5.74) is 0. The van der Waals surface area contributed by atoms with E-state index in [0.29, 0.717) is 5.38 Å². The molecule has 0 aromatic carbocycles. The van der Waals surface area contributed by atoms with Gasteiger partial charge in [-0.2, -0.15) is 0 Å². The minimum absolute atomic E-state index is 0.303. The summed E-state index contributed by atoms with van der Waals surface area (Å²) in [6.07, 6.45) is 9.20. The predicted molar refractivity (Wildman–Crippen MR) is 62.3 cm³/mol. The Kier molecular flexibility index (Phi) is 5.16. The topological polar surface area (TPSA) is 6.48 Å². The molecule has 0 fully saturated rings. The second-order valence-corrected chi connectivity index (χ2v) is 4.68. The van der Waals surface area contributed by atoms with Crippen LogP contribution in [0.15, 0.2) is 12.4 Å². The maximum Gasteiger partial charge on any atom is 0.0891 e. The molecule has 0 aliphatic carbocycles. The van der Waals surface area contributed by atoms with Crippen LogP contribution < -0.4 is 0 Å².